The molecule has 0 bridgehead atoms. The second-order valence-electron chi connectivity index (χ2n) is 2.43. The summed E-state index contributed by atoms with van der Waals surface area (Å²) in [5.74, 6) is 1.22. The van der Waals surface area contributed by atoms with Gasteiger partial charge in [0.15, 0.2) is 0 Å². The normalized spacial score (nSPS) is 23.0. The second-order valence-corrected chi connectivity index (χ2v) is 3.77. The van der Waals surface area contributed by atoms with E-state index in [1.54, 1.807) is 0 Å². The van der Waals surface area contributed by atoms with Crippen LogP contribution in [0.1, 0.15) is 13.3 Å². The third kappa shape index (κ3) is 2.54. The fourth-order valence-corrected chi connectivity index (χ4v) is 1.71. The van der Waals surface area contributed by atoms with Gasteiger partial charge in [-0.3, -0.25) is 0 Å². The molecule has 0 N–H and O–H groups in total. The molecule has 0 amide bonds. The molecule has 0 saturated carbocycles. The molecule has 1 nitrogen and oxygen atoms in total. The first-order chi connectivity index (χ1) is 5.36. The lowest BCUT2D eigenvalue weighted by Crippen LogP contribution is -1.99. The van der Waals surface area contributed by atoms with Gasteiger partial charge in [-0.25, -0.2) is 0 Å². The van der Waals surface area contributed by atoms with Crippen LogP contribution in [0.4, 0.5) is 0 Å². The Balaban J connectivity index is 2.45. The van der Waals surface area contributed by atoms with Crippen molar-refractivity contribution in [2.24, 2.45) is 5.92 Å². The summed E-state index contributed by atoms with van der Waals surface area (Å²) in [6, 6.07) is 0. The van der Waals surface area contributed by atoms with E-state index in [0.717, 1.165) is 18.5 Å². The molecule has 0 spiro atoms. The standard InChI is InChI=1S/C9H12OS/c1-2-11-9-5-3-8(7-10)4-6-9/h3,5-8H,2,4H2,1H3. The summed E-state index contributed by atoms with van der Waals surface area (Å²) >= 11 is 1.82. The first-order valence-electron chi connectivity index (χ1n) is 3.83. The minimum atomic E-state index is 0.121. The molecular formula is C9H12OS. The molecule has 0 aromatic carbocycles. The summed E-state index contributed by atoms with van der Waals surface area (Å²) in [4.78, 5) is 11.6. The Kier molecular flexibility index (Phi) is 3.43. The van der Waals surface area contributed by atoms with Crippen molar-refractivity contribution in [1.29, 1.82) is 0 Å². The van der Waals surface area contributed by atoms with Crippen molar-refractivity contribution < 1.29 is 4.79 Å². The van der Waals surface area contributed by atoms with Crippen LogP contribution in [0.15, 0.2) is 23.1 Å². The van der Waals surface area contributed by atoms with Gasteiger partial charge in [-0.15, -0.1) is 11.8 Å². The molecule has 0 aromatic rings. The van der Waals surface area contributed by atoms with E-state index >= 15 is 0 Å². The maximum absolute atomic E-state index is 10.3. The smallest absolute Gasteiger partial charge is 0.127 e. The van der Waals surface area contributed by atoms with E-state index < -0.39 is 0 Å². The van der Waals surface area contributed by atoms with Gasteiger partial charge in [0.1, 0.15) is 6.29 Å². The fraction of sp³-hybridized carbons (Fsp3) is 0.444. The van der Waals surface area contributed by atoms with E-state index in [4.69, 9.17) is 0 Å². The Bertz CT molecular complexity index is 194. The van der Waals surface area contributed by atoms with Crippen LogP contribution >= 0.6 is 11.8 Å². The molecule has 0 aliphatic heterocycles. The molecule has 0 aromatic heterocycles. The quantitative estimate of drug-likeness (QED) is 0.602. The first kappa shape index (κ1) is 8.60. The van der Waals surface area contributed by atoms with Crippen LogP contribution in [0.3, 0.4) is 0 Å². The van der Waals surface area contributed by atoms with Crippen molar-refractivity contribution in [1.82, 2.24) is 0 Å². The zero-order valence-electron chi connectivity index (χ0n) is 6.62. The Morgan fingerprint density at radius 2 is 2.64 bits per heavy atom. The molecule has 11 heavy (non-hydrogen) atoms. The summed E-state index contributed by atoms with van der Waals surface area (Å²) < 4.78 is 0. The van der Waals surface area contributed by atoms with E-state index in [9.17, 15) is 4.79 Å². The Morgan fingerprint density at radius 3 is 3.09 bits per heavy atom. The van der Waals surface area contributed by atoms with Gasteiger partial charge >= 0.3 is 0 Å². The van der Waals surface area contributed by atoms with Gasteiger partial charge in [-0.2, -0.15) is 0 Å². The number of carbonyl (C=O) groups excluding carboxylic acids is 1. The molecule has 2 heteroatoms. The summed E-state index contributed by atoms with van der Waals surface area (Å²) in [7, 11) is 0. The first-order valence-corrected chi connectivity index (χ1v) is 4.82. The van der Waals surface area contributed by atoms with Crippen LogP contribution in [0, 0.1) is 5.92 Å². The lowest BCUT2D eigenvalue weighted by atomic mass is 10.0. The minimum Gasteiger partial charge on any atom is -0.303 e. The van der Waals surface area contributed by atoms with Crippen molar-refractivity contribution in [3.05, 3.63) is 23.1 Å². The molecule has 1 rings (SSSR count). The third-order valence-electron chi connectivity index (χ3n) is 1.58. The van der Waals surface area contributed by atoms with Gasteiger partial charge in [0.05, 0.1) is 0 Å². The van der Waals surface area contributed by atoms with E-state index in [1.165, 1.54) is 4.91 Å². The largest absolute Gasteiger partial charge is 0.303 e. The lowest BCUT2D eigenvalue weighted by Gasteiger charge is -2.08. The number of hydrogen-bond donors (Lipinski definition) is 0. The highest BCUT2D eigenvalue weighted by atomic mass is 32.2. The average molecular weight is 168 g/mol. The molecule has 0 fully saturated rings. The number of aldehydes is 1. The molecule has 1 aliphatic carbocycles. The molecule has 0 heterocycles. The number of carbonyl (C=O) groups is 1. The SMILES string of the molecule is CCSC1=CCC(C=O)C=C1. The van der Waals surface area contributed by atoms with Gasteiger partial charge in [0.25, 0.3) is 0 Å². The Labute approximate surface area is 71.6 Å². The van der Waals surface area contributed by atoms with Crippen molar-refractivity contribution >= 4 is 18.0 Å². The van der Waals surface area contributed by atoms with E-state index in [2.05, 4.69) is 13.0 Å². The molecule has 0 saturated heterocycles. The molecule has 1 aliphatic rings. The van der Waals surface area contributed by atoms with E-state index in [1.807, 2.05) is 23.9 Å². The second kappa shape index (κ2) is 4.39. The summed E-state index contributed by atoms with van der Waals surface area (Å²) in [5.41, 5.74) is 0. The highest BCUT2D eigenvalue weighted by molar-refractivity contribution is 8.03. The van der Waals surface area contributed by atoms with E-state index in [0.29, 0.717) is 0 Å². The highest BCUT2D eigenvalue weighted by Gasteiger charge is 2.05. The van der Waals surface area contributed by atoms with Crippen LogP contribution in [-0.2, 0) is 4.79 Å². The predicted molar refractivity (Wildman–Crippen MR) is 49.5 cm³/mol. The van der Waals surface area contributed by atoms with Crippen molar-refractivity contribution in [2.75, 3.05) is 5.75 Å². The van der Waals surface area contributed by atoms with Gasteiger partial charge in [0, 0.05) is 10.8 Å². The predicted octanol–water partition coefficient (Wildman–Crippen LogP) is 2.40. The zero-order valence-corrected chi connectivity index (χ0v) is 7.43. The summed E-state index contributed by atoms with van der Waals surface area (Å²) in [6.45, 7) is 2.13. The van der Waals surface area contributed by atoms with Crippen LogP contribution < -0.4 is 0 Å². The molecule has 60 valence electrons. The number of thioether (sulfide) groups is 1. The summed E-state index contributed by atoms with van der Waals surface area (Å²) in [5, 5.41) is 0. The van der Waals surface area contributed by atoms with Gasteiger partial charge in [-0.05, 0) is 12.2 Å². The number of hydrogen-bond acceptors (Lipinski definition) is 2. The molecule has 1 atom stereocenters. The zero-order chi connectivity index (χ0) is 8.10. The number of rotatable bonds is 3. The maximum atomic E-state index is 10.3. The van der Waals surface area contributed by atoms with E-state index in [-0.39, 0.29) is 5.92 Å². The maximum Gasteiger partial charge on any atom is 0.127 e. The topological polar surface area (TPSA) is 17.1 Å². The Hall–Kier alpha value is -0.500. The molecule has 0 radical (unpaired) electrons. The van der Waals surface area contributed by atoms with Crippen LogP contribution in [0.5, 0.6) is 0 Å². The molecular weight excluding hydrogens is 156 g/mol. The third-order valence-corrected chi connectivity index (χ3v) is 2.51. The average Bonchev–Trinajstić information content (AvgIpc) is 2.07. The number of allylic oxidation sites excluding steroid dienone is 3. The van der Waals surface area contributed by atoms with Gasteiger partial charge in [0.2, 0.25) is 0 Å². The van der Waals surface area contributed by atoms with Crippen LogP contribution in [-0.4, -0.2) is 12.0 Å². The molecule has 1 unspecified atom stereocenters. The van der Waals surface area contributed by atoms with Crippen LogP contribution in [0.2, 0.25) is 0 Å². The van der Waals surface area contributed by atoms with Crippen molar-refractivity contribution in [3.8, 4) is 0 Å². The highest BCUT2D eigenvalue weighted by Crippen LogP contribution is 2.23. The van der Waals surface area contributed by atoms with Crippen LogP contribution in [0.25, 0.3) is 0 Å². The van der Waals surface area contributed by atoms with Gasteiger partial charge in [-0.1, -0.05) is 25.2 Å². The Morgan fingerprint density at radius 1 is 1.82 bits per heavy atom. The minimum absolute atomic E-state index is 0.121. The lowest BCUT2D eigenvalue weighted by molar-refractivity contribution is -0.109. The van der Waals surface area contributed by atoms with Crippen molar-refractivity contribution in [3.63, 3.8) is 0 Å². The fourth-order valence-electron chi connectivity index (χ4n) is 0.992. The van der Waals surface area contributed by atoms with Gasteiger partial charge < -0.3 is 4.79 Å². The van der Waals surface area contributed by atoms with Crippen molar-refractivity contribution in [2.45, 2.75) is 13.3 Å². The monoisotopic (exact) mass is 168 g/mol. The summed E-state index contributed by atoms with van der Waals surface area (Å²) in [6.07, 6.45) is 8.03.